The summed E-state index contributed by atoms with van der Waals surface area (Å²) in [6.07, 6.45) is 4.45. The fourth-order valence-corrected chi connectivity index (χ4v) is 4.00. The molecule has 0 saturated carbocycles. The van der Waals surface area contributed by atoms with Crippen LogP contribution in [0.1, 0.15) is 12.1 Å². The van der Waals surface area contributed by atoms with E-state index in [2.05, 4.69) is 37.6 Å². The zero-order valence-corrected chi connectivity index (χ0v) is 15.8. The van der Waals surface area contributed by atoms with Gasteiger partial charge < -0.3 is 14.2 Å². The van der Waals surface area contributed by atoms with Crippen molar-refractivity contribution in [3.63, 3.8) is 0 Å². The second kappa shape index (κ2) is 6.94. The van der Waals surface area contributed by atoms with Crippen molar-refractivity contribution in [3.05, 3.63) is 30.0 Å². The lowest BCUT2D eigenvalue weighted by molar-refractivity contribution is 0.161. The minimum Gasteiger partial charge on any atom is -0.486 e. The van der Waals surface area contributed by atoms with Crippen LogP contribution in [0.4, 0.5) is 4.39 Å². The van der Waals surface area contributed by atoms with Gasteiger partial charge in [-0.3, -0.25) is 9.58 Å². The first-order valence-corrected chi connectivity index (χ1v) is 9.31. The highest BCUT2D eigenvalue weighted by molar-refractivity contribution is 14.1. The Morgan fingerprint density at radius 1 is 1.40 bits per heavy atom. The topological polar surface area (TPSA) is 61.6 Å². The van der Waals surface area contributed by atoms with Crippen LogP contribution >= 0.6 is 22.6 Å². The molecule has 0 aromatic carbocycles. The van der Waals surface area contributed by atoms with Crippen LogP contribution in [0.5, 0.6) is 17.4 Å². The highest BCUT2D eigenvalue weighted by Gasteiger charge is 2.33. The van der Waals surface area contributed by atoms with Crippen LogP contribution in [0.2, 0.25) is 0 Å². The Bertz CT molecular complexity index is 772. The van der Waals surface area contributed by atoms with E-state index in [0.29, 0.717) is 43.6 Å². The number of aromatic nitrogens is 3. The van der Waals surface area contributed by atoms with Crippen molar-refractivity contribution < 1.29 is 18.6 Å². The maximum Gasteiger partial charge on any atom is 0.257 e. The van der Waals surface area contributed by atoms with Crippen LogP contribution in [0, 0.1) is 5.82 Å². The third-order valence-electron chi connectivity index (χ3n) is 4.19. The number of fused-ring (bicyclic) bond motifs is 1. The SMILES string of the molecule is Cn1cc(O[C@@H]2C[C@H](I)N(Cc3nc4c(cc3F)OCCO4)C2)cn1. The lowest BCUT2D eigenvalue weighted by Gasteiger charge is -2.22. The van der Waals surface area contributed by atoms with Crippen molar-refractivity contribution in [2.45, 2.75) is 23.1 Å². The van der Waals surface area contributed by atoms with Gasteiger partial charge in [0.15, 0.2) is 11.5 Å². The largest absolute Gasteiger partial charge is 0.486 e. The zero-order chi connectivity index (χ0) is 17.4. The summed E-state index contributed by atoms with van der Waals surface area (Å²) in [7, 11) is 1.85. The first-order chi connectivity index (χ1) is 12.1. The number of alkyl halides is 1. The number of ether oxygens (including phenoxy) is 3. The molecule has 2 atom stereocenters. The van der Waals surface area contributed by atoms with E-state index in [1.807, 2.05) is 13.2 Å². The Labute approximate surface area is 158 Å². The molecule has 25 heavy (non-hydrogen) atoms. The molecule has 1 fully saturated rings. The molecule has 134 valence electrons. The average Bonchev–Trinajstić information content (AvgIpc) is 3.14. The summed E-state index contributed by atoms with van der Waals surface area (Å²) in [6.45, 7) is 1.97. The van der Waals surface area contributed by atoms with Crippen LogP contribution in [0.3, 0.4) is 0 Å². The van der Waals surface area contributed by atoms with Gasteiger partial charge in [0.05, 0.1) is 22.1 Å². The van der Waals surface area contributed by atoms with E-state index < -0.39 is 0 Å². The van der Waals surface area contributed by atoms with Crippen LogP contribution in [0.15, 0.2) is 18.5 Å². The molecular formula is C16H18FIN4O3. The Hall–Kier alpha value is -1.62. The molecule has 2 aromatic rings. The number of hydrogen-bond acceptors (Lipinski definition) is 6. The molecule has 0 unspecified atom stereocenters. The number of pyridine rings is 1. The van der Waals surface area contributed by atoms with Crippen molar-refractivity contribution in [1.82, 2.24) is 19.7 Å². The molecule has 0 amide bonds. The number of nitrogens with zero attached hydrogens (tertiary/aromatic N) is 4. The van der Waals surface area contributed by atoms with Crippen LogP contribution in [0.25, 0.3) is 0 Å². The second-order valence-electron chi connectivity index (χ2n) is 6.11. The molecule has 7 nitrogen and oxygen atoms in total. The molecule has 0 radical (unpaired) electrons. The van der Waals surface area contributed by atoms with Crippen molar-refractivity contribution >= 4 is 22.6 Å². The third-order valence-corrected chi connectivity index (χ3v) is 5.49. The van der Waals surface area contributed by atoms with Crippen LogP contribution in [-0.4, -0.2) is 49.6 Å². The molecule has 2 aromatic heterocycles. The quantitative estimate of drug-likeness (QED) is 0.396. The molecule has 4 heterocycles. The summed E-state index contributed by atoms with van der Waals surface area (Å²) in [6, 6.07) is 1.36. The first kappa shape index (κ1) is 16.8. The van der Waals surface area contributed by atoms with Gasteiger partial charge in [-0.05, 0) is 0 Å². The summed E-state index contributed by atoms with van der Waals surface area (Å²) >= 11 is 2.36. The van der Waals surface area contributed by atoms with Crippen LogP contribution in [-0.2, 0) is 13.6 Å². The number of halogens is 2. The zero-order valence-electron chi connectivity index (χ0n) is 13.7. The summed E-state index contributed by atoms with van der Waals surface area (Å²) in [5, 5.41) is 4.11. The standard InChI is InChI=1S/C16H18FIN4O3/c1-21-7-11(6-19-21)25-10-4-15(18)22(8-10)9-13-12(17)5-14-16(20-13)24-3-2-23-14/h5-7,10,15H,2-4,8-9H2,1H3/t10-,15-/m1/s1. The monoisotopic (exact) mass is 460 g/mol. The normalized spacial score (nSPS) is 23.0. The number of aryl methyl sites for hydroxylation is 1. The summed E-state index contributed by atoms with van der Waals surface area (Å²) in [4.78, 5) is 6.46. The molecule has 0 spiro atoms. The van der Waals surface area contributed by atoms with Gasteiger partial charge in [-0.2, -0.15) is 5.10 Å². The van der Waals surface area contributed by atoms with Gasteiger partial charge in [0.25, 0.3) is 5.88 Å². The highest BCUT2D eigenvalue weighted by atomic mass is 127. The predicted octanol–water partition coefficient (Wildman–Crippen LogP) is 2.14. The van der Waals surface area contributed by atoms with Gasteiger partial charge >= 0.3 is 0 Å². The Morgan fingerprint density at radius 2 is 2.24 bits per heavy atom. The molecule has 0 aliphatic carbocycles. The molecule has 0 bridgehead atoms. The predicted molar refractivity (Wildman–Crippen MR) is 95.6 cm³/mol. The van der Waals surface area contributed by atoms with E-state index in [-0.39, 0.29) is 16.0 Å². The molecule has 9 heteroatoms. The van der Waals surface area contributed by atoms with Gasteiger partial charge in [0.2, 0.25) is 0 Å². The second-order valence-corrected chi connectivity index (χ2v) is 7.54. The Morgan fingerprint density at radius 3 is 3.04 bits per heavy atom. The first-order valence-electron chi connectivity index (χ1n) is 8.07. The van der Waals surface area contributed by atoms with Crippen molar-refractivity contribution in [2.75, 3.05) is 19.8 Å². The molecule has 2 aliphatic heterocycles. The third kappa shape index (κ3) is 3.66. The number of hydrogen-bond donors (Lipinski definition) is 0. The lowest BCUT2D eigenvalue weighted by atomic mass is 10.3. The van der Waals surface area contributed by atoms with Gasteiger partial charge in [-0.1, -0.05) is 22.6 Å². The van der Waals surface area contributed by atoms with Gasteiger partial charge in [-0.15, -0.1) is 0 Å². The summed E-state index contributed by atoms with van der Waals surface area (Å²) in [5.74, 6) is 1.12. The summed E-state index contributed by atoms with van der Waals surface area (Å²) in [5.41, 5.74) is 0.368. The van der Waals surface area contributed by atoms with Gasteiger partial charge in [0, 0.05) is 32.6 Å². The van der Waals surface area contributed by atoms with Gasteiger partial charge in [0.1, 0.15) is 25.1 Å². The smallest absolute Gasteiger partial charge is 0.257 e. The van der Waals surface area contributed by atoms with E-state index in [1.54, 1.807) is 10.9 Å². The fraction of sp³-hybridized carbons (Fsp3) is 0.500. The maximum absolute atomic E-state index is 14.3. The molecule has 4 rings (SSSR count). The van der Waals surface area contributed by atoms with E-state index >= 15 is 0 Å². The maximum atomic E-state index is 14.3. The van der Waals surface area contributed by atoms with E-state index in [9.17, 15) is 4.39 Å². The summed E-state index contributed by atoms with van der Waals surface area (Å²) < 4.78 is 33.1. The van der Waals surface area contributed by atoms with Crippen molar-refractivity contribution in [1.29, 1.82) is 0 Å². The lowest BCUT2D eigenvalue weighted by Crippen LogP contribution is -2.28. The molecule has 1 saturated heterocycles. The highest BCUT2D eigenvalue weighted by Crippen LogP contribution is 2.32. The van der Waals surface area contributed by atoms with E-state index in [4.69, 9.17) is 14.2 Å². The molecule has 0 N–H and O–H groups in total. The molecule has 2 aliphatic rings. The Kier molecular flexibility index (Phi) is 4.67. The number of likely N-dealkylation sites (tertiary alicyclic amines) is 1. The number of rotatable bonds is 4. The fourth-order valence-electron chi connectivity index (χ4n) is 3.01. The minimum absolute atomic E-state index is 0.0476. The van der Waals surface area contributed by atoms with Crippen molar-refractivity contribution in [2.24, 2.45) is 7.05 Å². The van der Waals surface area contributed by atoms with E-state index in [1.165, 1.54) is 6.07 Å². The van der Waals surface area contributed by atoms with Gasteiger partial charge in [-0.25, -0.2) is 9.37 Å². The molecular weight excluding hydrogens is 442 g/mol. The Balaban J connectivity index is 1.44. The average molecular weight is 460 g/mol. The van der Waals surface area contributed by atoms with E-state index in [0.717, 1.165) is 12.2 Å². The van der Waals surface area contributed by atoms with Crippen molar-refractivity contribution in [3.8, 4) is 17.4 Å². The van der Waals surface area contributed by atoms with Crippen LogP contribution < -0.4 is 14.2 Å². The minimum atomic E-state index is -0.371.